The fraction of sp³-hybridized carbons (Fsp3) is 0.412. The van der Waals surface area contributed by atoms with E-state index in [0.717, 1.165) is 12.8 Å². The third kappa shape index (κ3) is 3.11. The summed E-state index contributed by atoms with van der Waals surface area (Å²) in [7, 11) is 0. The van der Waals surface area contributed by atoms with E-state index in [1.165, 1.54) is 39.5 Å². The van der Waals surface area contributed by atoms with Gasteiger partial charge < -0.3 is 5.73 Å². The van der Waals surface area contributed by atoms with Crippen LogP contribution >= 0.6 is 23.1 Å². The van der Waals surface area contributed by atoms with Crippen LogP contribution in [0.3, 0.4) is 0 Å². The Morgan fingerprint density at radius 1 is 1.20 bits per heavy atom. The number of thioether (sulfide) groups is 1. The molecule has 3 rings (SSSR count). The van der Waals surface area contributed by atoms with Gasteiger partial charge in [0.15, 0.2) is 0 Å². The van der Waals surface area contributed by atoms with E-state index in [1.54, 1.807) is 4.88 Å². The predicted molar refractivity (Wildman–Crippen MR) is 90.6 cm³/mol. The largest absolute Gasteiger partial charge is 0.323 e. The summed E-state index contributed by atoms with van der Waals surface area (Å²) in [5.41, 5.74) is 10.7. The monoisotopic (exact) mass is 303 g/mol. The highest BCUT2D eigenvalue weighted by molar-refractivity contribution is 7.98. The van der Waals surface area contributed by atoms with E-state index in [2.05, 4.69) is 37.3 Å². The molecule has 2 heterocycles. The zero-order valence-electron chi connectivity index (χ0n) is 11.9. The van der Waals surface area contributed by atoms with Gasteiger partial charge in [-0.3, -0.25) is 0 Å². The summed E-state index contributed by atoms with van der Waals surface area (Å²) < 4.78 is 0. The second-order valence-corrected chi connectivity index (χ2v) is 7.65. The maximum absolute atomic E-state index is 6.41. The van der Waals surface area contributed by atoms with Crippen molar-refractivity contribution in [1.82, 2.24) is 0 Å². The third-order valence-electron chi connectivity index (χ3n) is 3.90. The number of hydrogen-bond donors (Lipinski definition) is 1. The SMILES string of the molecule is CCc1ccc(CC(N)c2cc3c(s2)CCSC3)cc1. The minimum absolute atomic E-state index is 0.142. The van der Waals surface area contributed by atoms with Crippen molar-refractivity contribution in [3.8, 4) is 0 Å². The van der Waals surface area contributed by atoms with Gasteiger partial charge in [-0.2, -0.15) is 11.8 Å². The van der Waals surface area contributed by atoms with E-state index in [-0.39, 0.29) is 6.04 Å². The van der Waals surface area contributed by atoms with Gasteiger partial charge in [0, 0.05) is 21.5 Å². The van der Waals surface area contributed by atoms with Crippen molar-refractivity contribution in [2.24, 2.45) is 5.73 Å². The van der Waals surface area contributed by atoms with Crippen LogP contribution in [0.25, 0.3) is 0 Å². The molecule has 0 aliphatic carbocycles. The van der Waals surface area contributed by atoms with Crippen molar-refractivity contribution in [2.45, 2.75) is 38.0 Å². The molecule has 0 radical (unpaired) electrons. The molecule has 0 amide bonds. The molecule has 1 nitrogen and oxygen atoms in total. The Kier molecular flexibility index (Phi) is 4.49. The first kappa shape index (κ1) is 14.2. The van der Waals surface area contributed by atoms with Gasteiger partial charge in [-0.15, -0.1) is 11.3 Å². The number of benzene rings is 1. The summed E-state index contributed by atoms with van der Waals surface area (Å²) in [5, 5.41) is 0. The van der Waals surface area contributed by atoms with E-state index < -0.39 is 0 Å². The van der Waals surface area contributed by atoms with Gasteiger partial charge in [-0.1, -0.05) is 31.2 Å². The maximum Gasteiger partial charge on any atom is 0.0430 e. The van der Waals surface area contributed by atoms with Crippen LogP contribution in [0.1, 0.15) is 39.4 Å². The second-order valence-electron chi connectivity index (χ2n) is 5.38. The molecule has 2 aromatic rings. The molecule has 1 aliphatic heterocycles. The fourth-order valence-electron chi connectivity index (χ4n) is 2.62. The Labute approximate surface area is 129 Å². The third-order valence-corrected chi connectivity index (χ3v) is 6.28. The number of rotatable bonds is 4. The van der Waals surface area contributed by atoms with Crippen molar-refractivity contribution in [2.75, 3.05) is 5.75 Å². The molecule has 1 aromatic heterocycles. The Hall–Kier alpha value is -0.770. The van der Waals surface area contributed by atoms with Gasteiger partial charge in [0.1, 0.15) is 0 Å². The Morgan fingerprint density at radius 3 is 2.65 bits per heavy atom. The summed E-state index contributed by atoms with van der Waals surface area (Å²) >= 11 is 3.97. The molecule has 1 aliphatic rings. The summed E-state index contributed by atoms with van der Waals surface area (Å²) in [4.78, 5) is 2.92. The molecule has 0 bridgehead atoms. The zero-order chi connectivity index (χ0) is 13.9. The van der Waals surface area contributed by atoms with Crippen LogP contribution in [-0.2, 0) is 25.0 Å². The van der Waals surface area contributed by atoms with Crippen molar-refractivity contribution in [3.63, 3.8) is 0 Å². The van der Waals surface area contributed by atoms with Crippen molar-refractivity contribution >= 4 is 23.1 Å². The molecular formula is C17H21NS2. The molecule has 106 valence electrons. The van der Waals surface area contributed by atoms with Crippen LogP contribution in [0.5, 0.6) is 0 Å². The highest BCUT2D eigenvalue weighted by atomic mass is 32.2. The van der Waals surface area contributed by atoms with E-state index >= 15 is 0 Å². The van der Waals surface area contributed by atoms with Crippen molar-refractivity contribution in [1.29, 1.82) is 0 Å². The van der Waals surface area contributed by atoms with E-state index in [4.69, 9.17) is 5.73 Å². The molecule has 0 saturated heterocycles. The molecule has 1 aromatic carbocycles. The molecule has 1 unspecified atom stereocenters. The number of aryl methyl sites for hydroxylation is 2. The molecule has 1 atom stereocenters. The van der Waals surface area contributed by atoms with Crippen LogP contribution in [0.4, 0.5) is 0 Å². The van der Waals surface area contributed by atoms with Crippen molar-refractivity contribution in [3.05, 3.63) is 56.8 Å². The summed E-state index contributed by atoms with van der Waals surface area (Å²) in [5.74, 6) is 2.43. The van der Waals surface area contributed by atoms with Crippen LogP contribution < -0.4 is 5.73 Å². The van der Waals surface area contributed by atoms with Crippen LogP contribution in [0.2, 0.25) is 0 Å². The first-order valence-corrected chi connectivity index (χ1v) is 9.26. The number of nitrogens with two attached hydrogens (primary N) is 1. The molecule has 0 fully saturated rings. The summed E-state index contributed by atoms with van der Waals surface area (Å²) in [6, 6.07) is 11.4. The van der Waals surface area contributed by atoms with Crippen LogP contribution in [0, 0.1) is 0 Å². The smallest absolute Gasteiger partial charge is 0.0430 e. The highest BCUT2D eigenvalue weighted by Crippen LogP contribution is 2.34. The number of fused-ring (bicyclic) bond motifs is 1. The van der Waals surface area contributed by atoms with E-state index in [1.807, 2.05) is 23.1 Å². The average molecular weight is 303 g/mol. The molecule has 20 heavy (non-hydrogen) atoms. The van der Waals surface area contributed by atoms with Gasteiger partial charge in [0.05, 0.1) is 0 Å². The number of hydrogen-bond acceptors (Lipinski definition) is 3. The second kappa shape index (κ2) is 6.33. The Morgan fingerprint density at radius 2 is 1.95 bits per heavy atom. The van der Waals surface area contributed by atoms with E-state index in [9.17, 15) is 0 Å². The first-order valence-electron chi connectivity index (χ1n) is 7.29. The predicted octanol–water partition coefficient (Wildman–Crippen LogP) is 4.34. The van der Waals surface area contributed by atoms with Crippen molar-refractivity contribution < 1.29 is 0 Å². The normalized spacial score (nSPS) is 15.9. The fourth-order valence-corrected chi connectivity index (χ4v) is 5.00. The van der Waals surface area contributed by atoms with Gasteiger partial charge in [-0.05, 0) is 47.8 Å². The standard InChI is InChI=1S/C17H21NS2/c1-2-12-3-5-13(6-4-12)9-15(18)17-10-14-11-19-8-7-16(14)20-17/h3-6,10,15H,2,7-9,11,18H2,1H3. The molecular weight excluding hydrogens is 282 g/mol. The minimum atomic E-state index is 0.142. The van der Waals surface area contributed by atoms with E-state index in [0.29, 0.717) is 0 Å². The zero-order valence-corrected chi connectivity index (χ0v) is 13.5. The number of thiophene rings is 1. The quantitative estimate of drug-likeness (QED) is 0.909. The topological polar surface area (TPSA) is 26.0 Å². The van der Waals surface area contributed by atoms with Gasteiger partial charge in [0.25, 0.3) is 0 Å². The lowest BCUT2D eigenvalue weighted by molar-refractivity contribution is 0.736. The average Bonchev–Trinajstić information content (AvgIpc) is 2.92. The Bertz CT molecular complexity index is 548. The molecule has 2 N–H and O–H groups in total. The maximum atomic E-state index is 6.41. The summed E-state index contributed by atoms with van der Waals surface area (Å²) in [6.45, 7) is 2.19. The van der Waals surface area contributed by atoms with Gasteiger partial charge in [0.2, 0.25) is 0 Å². The minimum Gasteiger partial charge on any atom is -0.323 e. The molecule has 0 saturated carbocycles. The highest BCUT2D eigenvalue weighted by Gasteiger charge is 2.17. The van der Waals surface area contributed by atoms with Gasteiger partial charge >= 0.3 is 0 Å². The van der Waals surface area contributed by atoms with Crippen LogP contribution in [-0.4, -0.2) is 5.75 Å². The lowest BCUT2D eigenvalue weighted by atomic mass is 10.0. The molecule has 3 heteroatoms. The van der Waals surface area contributed by atoms with Crippen LogP contribution in [0.15, 0.2) is 30.3 Å². The molecule has 0 spiro atoms. The Balaban J connectivity index is 1.71. The van der Waals surface area contributed by atoms with Gasteiger partial charge in [-0.25, -0.2) is 0 Å². The first-order chi connectivity index (χ1) is 9.76. The lowest BCUT2D eigenvalue weighted by Gasteiger charge is -2.10. The lowest BCUT2D eigenvalue weighted by Crippen LogP contribution is -2.11. The summed E-state index contributed by atoms with van der Waals surface area (Å²) in [6.07, 6.45) is 3.26.